The number of nitrogens with one attached hydrogen (secondary N) is 1. The van der Waals surface area contributed by atoms with Gasteiger partial charge in [-0.2, -0.15) is 0 Å². The maximum atomic E-state index is 3.48. The first-order chi connectivity index (χ1) is 9.81. The Labute approximate surface area is 137 Å². The lowest BCUT2D eigenvalue weighted by Crippen LogP contribution is -2.52. The summed E-state index contributed by atoms with van der Waals surface area (Å²) in [6.07, 6.45) is 8.60. The Hall–Kier alpha value is 0.170. The smallest absolute Gasteiger partial charge is 0.0113 e. The number of piperidine rings is 1. The summed E-state index contributed by atoms with van der Waals surface area (Å²) in [4.78, 5) is 5.53. The summed E-state index contributed by atoms with van der Waals surface area (Å²) in [6.45, 7) is 11.5. The monoisotopic (exact) mass is 315 g/mol. The maximum absolute atomic E-state index is 3.48. The molecule has 1 saturated carbocycles. The maximum Gasteiger partial charge on any atom is 0.0113 e. The van der Waals surface area contributed by atoms with Crippen LogP contribution in [0.25, 0.3) is 0 Å². The Bertz CT molecular complexity index is 278. The van der Waals surface area contributed by atoms with Gasteiger partial charge in [0.2, 0.25) is 0 Å². The fourth-order valence-corrected chi connectivity index (χ4v) is 4.35. The molecule has 0 atom stereocenters. The first kappa shape index (κ1) is 17.5. The summed E-state index contributed by atoms with van der Waals surface area (Å²) in [6, 6.07) is 0.909. The van der Waals surface area contributed by atoms with Gasteiger partial charge in [0.25, 0.3) is 0 Å². The van der Waals surface area contributed by atoms with E-state index in [1.807, 2.05) is 0 Å². The van der Waals surface area contributed by atoms with Crippen molar-refractivity contribution in [2.24, 2.45) is 11.8 Å². The highest BCUT2D eigenvalue weighted by atomic mass is 35.5. The van der Waals surface area contributed by atoms with Crippen LogP contribution in [0.2, 0.25) is 0 Å². The number of hydrogen-bond acceptors (Lipinski definition) is 3. The predicted molar refractivity (Wildman–Crippen MR) is 92.3 cm³/mol. The van der Waals surface area contributed by atoms with E-state index in [2.05, 4.69) is 22.0 Å². The molecule has 0 unspecified atom stereocenters. The molecule has 0 bridgehead atoms. The van der Waals surface area contributed by atoms with Gasteiger partial charge in [0.05, 0.1) is 0 Å². The number of halogens is 1. The Kier molecular flexibility index (Phi) is 7.27. The Morgan fingerprint density at radius 3 is 2.10 bits per heavy atom. The summed E-state index contributed by atoms with van der Waals surface area (Å²) in [5, 5.41) is 3.48. The Morgan fingerprint density at radius 1 is 0.857 bits per heavy atom. The van der Waals surface area contributed by atoms with Crippen LogP contribution in [0.5, 0.6) is 0 Å². The van der Waals surface area contributed by atoms with E-state index in [1.165, 1.54) is 84.3 Å². The lowest BCUT2D eigenvalue weighted by molar-refractivity contribution is 0.0622. The first-order valence-corrected chi connectivity index (χ1v) is 8.98. The zero-order valence-corrected chi connectivity index (χ0v) is 14.5. The molecule has 2 heterocycles. The fourth-order valence-electron chi connectivity index (χ4n) is 4.35. The second-order valence-electron chi connectivity index (χ2n) is 7.44. The predicted octanol–water partition coefficient (Wildman–Crippen LogP) is 2.60. The van der Waals surface area contributed by atoms with Gasteiger partial charge in [-0.3, -0.25) is 4.90 Å². The third-order valence-corrected chi connectivity index (χ3v) is 5.88. The molecule has 0 radical (unpaired) electrons. The van der Waals surface area contributed by atoms with Crippen molar-refractivity contribution in [3.63, 3.8) is 0 Å². The molecule has 3 fully saturated rings. The van der Waals surface area contributed by atoms with Crippen molar-refractivity contribution in [1.29, 1.82) is 0 Å². The third-order valence-electron chi connectivity index (χ3n) is 5.88. The molecule has 4 heteroatoms. The van der Waals surface area contributed by atoms with E-state index < -0.39 is 0 Å². The Morgan fingerprint density at radius 2 is 1.48 bits per heavy atom. The van der Waals surface area contributed by atoms with Crippen molar-refractivity contribution in [2.45, 2.75) is 51.5 Å². The quantitative estimate of drug-likeness (QED) is 0.863. The minimum absolute atomic E-state index is 0. The molecule has 3 nitrogen and oxygen atoms in total. The molecule has 1 N–H and O–H groups in total. The van der Waals surface area contributed by atoms with Gasteiger partial charge in [-0.05, 0) is 63.5 Å². The zero-order chi connectivity index (χ0) is 13.8. The number of hydrogen-bond donors (Lipinski definition) is 1. The second-order valence-corrected chi connectivity index (χ2v) is 7.44. The van der Waals surface area contributed by atoms with Gasteiger partial charge >= 0.3 is 0 Å². The molecule has 0 aromatic heterocycles. The van der Waals surface area contributed by atoms with Crippen LogP contribution in [-0.2, 0) is 0 Å². The minimum atomic E-state index is 0. The van der Waals surface area contributed by atoms with Crippen molar-refractivity contribution in [3.8, 4) is 0 Å². The number of piperazine rings is 1. The highest BCUT2D eigenvalue weighted by molar-refractivity contribution is 5.85. The SMILES string of the molecule is CC1CCC(N2CCN(CC3CCNCC3)CC2)CC1.Cl. The largest absolute Gasteiger partial charge is 0.317 e. The highest BCUT2D eigenvalue weighted by Gasteiger charge is 2.27. The standard InChI is InChI=1S/C17H33N3.ClH/c1-15-2-4-17(5-3-15)20-12-10-19(11-13-20)14-16-6-8-18-9-7-16;/h15-18H,2-14H2,1H3;1H. The molecule has 21 heavy (non-hydrogen) atoms. The molecule has 2 saturated heterocycles. The van der Waals surface area contributed by atoms with Gasteiger partial charge in [-0.25, -0.2) is 0 Å². The molecule has 0 aromatic carbocycles. The lowest BCUT2D eigenvalue weighted by Gasteiger charge is -2.42. The van der Waals surface area contributed by atoms with Crippen molar-refractivity contribution in [3.05, 3.63) is 0 Å². The van der Waals surface area contributed by atoms with E-state index in [4.69, 9.17) is 0 Å². The molecule has 0 amide bonds. The van der Waals surface area contributed by atoms with Crippen molar-refractivity contribution >= 4 is 12.4 Å². The van der Waals surface area contributed by atoms with Gasteiger partial charge in [-0.15, -0.1) is 12.4 Å². The molecular formula is C17H34ClN3. The van der Waals surface area contributed by atoms with Gasteiger partial charge in [0.1, 0.15) is 0 Å². The summed E-state index contributed by atoms with van der Waals surface area (Å²) >= 11 is 0. The third kappa shape index (κ3) is 5.09. The van der Waals surface area contributed by atoms with Crippen LogP contribution in [0.3, 0.4) is 0 Å². The molecule has 0 spiro atoms. The van der Waals surface area contributed by atoms with Crippen LogP contribution in [-0.4, -0.2) is 61.7 Å². The average Bonchev–Trinajstić information content (AvgIpc) is 2.50. The van der Waals surface area contributed by atoms with E-state index in [9.17, 15) is 0 Å². The van der Waals surface area contributed by atoms with Gasteiger partial charge in [0, 0.05) is 38.8 Å². The molecular weight excluding hydrogens is 282 g/mol. The van der Waals surface area contributed by atoms with E-state index in [1.54, 1.807) is 0 Å². The van der Waals surface area contributed by atoms with Crippen LogP contribution in [0, 0.1) is 11.8 Å². The molecule has 2 aliphatic heterocycles. The van der Waals surface area contributed by atoms with E-state index in [0.29, 0.717) is 0 Å². The van der Waals surface area contributed by atoms with Crippen LogP contribution in [0.15, 0.2) is 0 Å². The van der Waals surface area contributed by atoms with Crippen molar-refractivity contribution in [2.75, 3.05) is 45.8 Å². The summed E-state index contributed by atoms with van der Waals surface area (Å²) in [7, 11) is 0. The summed E-state index contributed by atoms with van der Waals surface area (Å²) in [5.74, 6) is 1.94. The first-order valence-electron chi connectivity index (χ1n) is 8.98. The van der Waals surface area contributed by atoms with E-state index in [0.717, 1.165) is 17.9 Å². The molecule has 1 aliphatic carbocycles. The zero-order valence-electron chi connectivity index (χ0n) is 13.7. The normalized spacial score (nSPS) is 33.6. The van der Waals surface area contributed by atoms with Crippen molar-refractivity contribution < 1.29 is 0 Å². The summed E-state index contributed by atoms with van der Waals surface area (Å²) < 4.78 is 0. The summed E-state index contributed by atoms with van der Waals surface area (Å²) in [5.41, 5.74) is 0. The van der Waals surface area contributed by atoms with Gasteiger partial charge in [0.15, 0.2) is 0 Å². The molecule has 3 rings (SSSR count). The van der Waals surface area contributed by atoms with Gasteiger partial charge in [-0.1, -0.05) is 6.92 Å². The minimum Gasteiger partial charge on any atom is -0.317 e. The lowest BCUT2D eigenvalue weighted by atomic mass is 9.86. The fraction of sp³-hybridized carbons (Fsp3) is 1.00. The Balaban J connectivity index is 0.00000161. The van der Waals surface area contributed by atoms with Crippen LogP contribution < -0.4 is 5.32 Å². The van der Waals surface area contributed by atoms with Gasteiger partial charge < -0.3 is 10.2 Å². The second kappa shape index (κ2) is 8.71. The average molecular weight is 316 g/mol. The van der Waals surface area contributed by atoms with E-state index in [-0.39, 0.29) is 12.4 Å². The molecule has 3 aliphatic rings. The number of rotatable bonds is 3. The van der Waals surface area contributed by atoms with Crippen LogP contribution >= 0.6 is 12.4 Å². The molecule has 0 aromatic rings. The highest BCUT2D eigenvalue weighted by Crippen LogP contribution is 2.27. The van der Waals surface area contributed by atoms with Crippen LogP contribution in [0.1, 0.15) is 45.4 Å². The number of nitrogens with zero attached hydrogens (tertiary/aromatic N) is 2. The van der Waals surface area contributed by atoms with Crippen LogP contribution in [0.4, 0.5) is 0 Å². The van der Waals surface area contributed by atoms with E-state index >= 15 is 0 Å². The molecule has 124 valence electrons. The van der Waals surface area contributed by atoms with Crippen molar-refractivity contribution in [1.82, 2.24) is 15.1 Å². The topological polar surface area (TPSA) is 18.5 Å².